The van der Waals surface area contributed by atoms with Crippen LogP contribution >= 0.6 is 22.9 Å². The summed E-state index contributed by atoms with van der Waals surface area (Å²) in [5, 5.41) is 17.1. The first-order valence-electron chi connectivity index (χ1n) is 19.1. The van der Waals surface area contributed by atoms with E-state index in [1.54, 1.807) is 42.7 Å². The van der Waals surface area contributed by atoms with E-state index in [1.165, 1.54) is 4.90 Å². The van der Waals surface area contributed by atoms with Crippen molar-refractivity contribution in [3.8, 4) is 22.6 Å². The van der Waals surface area contributed by atoms with Gasteiger partial charge in [0.2, 0.25) is 12.3 Å². The molecule has 8 rings (SSSR count). The van der Waals surface area contributed by atoms with E-state index in [1.807, 2.05) is 42.1 Å². The molecular weight excluding hydrogens is 778 g/mol. The number of benzene rings is 2. The summed E-state index contributed by atoms with van der Waals surface area (Å²) in [6.45, 7) is 9.28. The Bertz CT molecular complexity index is 2520. The number of hydrogen-bond donors (Lipinski definition) is 1. The number of carbonyl (C=O) groups is 4. The third-order valence-electron chi connectivity index (χ3n) is 10.7. The van der Waals surface area contributed by atoms with Gasteiger partial charge < -0.3 is 9.64 Å². The van der Waals surface area contributed by atoms with Gasteiger partial charge in [-0.25, -0.2) is 0 Å². The van der Waals surface area contributed by atoms with E-state index < -0.39 is 23.8 Å². The van der Waals surface area contributed by atoms with Gasteiger partial charge in [0, 0.05) is 54.4 Å². The molecule has 0 radical (unpaired) electrons. The summed E-state index contributed by atoms with van der Waals surface area (Å²) in [5.74, 6) is 7.42. The smallest absolute Gasteiger partial charge is 0.265 e. The number of aryl methyl sites for hydroxylation is 1. The quantitative estimate of drug-likeness (QED) is 0.109. The fraction of sp³-hybridized carbons (Fsp3) is 0.333. The Hall–Kier alpha value is -5.95. The number of aliphatic imine (C=N–C) groups is 1. The maximum Gasteiger partial charge on any atom is 0.265 e. The van der Waals surface area contributed by atoms with Crippen LogP contribution in [0, 0.1) is 25.7 Å². The van der Waals surface area contributed by atoms with Crippen LogP contribution in [0.25, 0.3) is 5.00 Å². The third-order valence-corrected chi connectivity index (χ3v) is 12.2. The van der Waals surface area contributed by atoms with Crippen molar-refractivity contribution in [2.24, 2.45) is 4.99 Å². The lowest BCUT2D eigenvalue weighted by atomic mass is 10.00. The van der Waals surface area contributed by atoms with E-state index in [0.29, 0.717) is 35.8 Å². The average Bonchev–Trinajstić information content (AvgIpc) is 3.95. The van der Waals surface area contributed by atoms with Gasteiger partial charge in [0.1, 0.15) is 29.2 Å². The summed E-state index contributed by atoms with van der Waals surface area (Å²) in [4.78, 5) is 58.5. The van der Waals surface area contributed by atoms with Crippen LogP contribution in [0.2, 0.25) is 5.02 Å². The second-order valence-electron chi connectivity index (χ2n) is 14.5. The maximum absolute atomic E-state index is 13.5. The van der Waals surface area contributed by atoms with Crippen molar-refractivity contribution >= 4 is 52.8 Å². The number of imide groups is 2. The maximum atomic E-state index is 13.5. The van der Waals surface area contributed by atoms with Gasteiger partial charge in [0.25, 0.3) is 11.8 Å². The Morgan fingerprint density at radius 1 is 1.05 bits per heavy atom. The van der Waals surface area contributed by atoms with Gasteiger partial charge in [-0.3, -0.25) is 43.6 Å². The largest absolute Gasteiger partial charge is 0.489 e. The summed E-state index contributed by atoms with van der Waals surface area (Å²) >= 11 is 7.82. The highest BCUT2D eigenvalue weighted by molar-refractivity contribution is 7.15. The zero-order valence-corrected chi connectivity index (χ0v) is 33.8. The fourth-order valence-corrected chi connectivity index (χ4v) is 8.99. The Labute approximate surface area is 343 Å². The Morgan fingerprint density at radius 2 is 1.84 bits per heavy atom. The van der Waals surface area contributed by atoms with Crippen LogP contribution in [0.5, 0.6) is 5.75 Å². The number of piperidine rings is 1. The molecule has 1 saturated heterocycles. The normalized spacial score (nSPS) is 15.8. The minimum atomic E-state index is -0.529. The highest BCUT2D eigenvalue weighted by atomic mass is 35.5. The molecule has 6 heterocycles. The van der Waals surface area contributed by atoms with Gasteiger partial charge in [-0.15, -0.1) is 21.5 Å². The van der Waals surface area contributed by atoms with Crippen LogP contribution in [0.1, 0.15) is 92.1 Å². The zero-order chi connectivity index (χ0) is 40.5. The predicted molar refractivity (Wildman–Crippen MR) is 218 cm³/mol. The molecule has 0 aliphatic carbocycles. The molecule has 5 aromatic rings. The Balaban J connectivity index is 0.878. The lowest BCUT2D eigenvalue weighted by Gasteiger charge is -2.32. The van der Waals surface area contributed by atoms with E-state index in [0.717, 1.165) is 82.0 Å². The lowest BCUT2D eigenvalue weighted by molar-refractivity contribution is -0.125. The molecule has 1 N–H and O–H groups in total. The topological polar surface area (TPSA) is 157 Å². The molecule has 3 aromatic heterocycles. The van der Waals surface area contributed by atoms with Crippen LogP contribution in [0.3, 0.4) is 0 Å². The zero-order valence-electron chi connectivity index (χ0n) is 32.2. The van der Waals surface area contributed by atoms with E-state index in [4.69, 9.17) is 21.3 Å². The van der Waals surface area contributed by atoms with Crippen LogP contribution in [-0.2, 0) is 22.7 Å². The molecule has 0 bridgehead atoms. The van der Waals surface area contributed by atoms with Crippen molar-refractivity contribution < 1.29 is 23.9 Å². The molecule has 0 saturated carbocycles. The van der Waals surface area contributed by atoms with E-state index in [9.17, 15) is 19.2 Å². The summed E-state index contributed by atoms with van der Waals surface area (Å²) in [6.07, 6.45) is 5.74. The highest BCUT2D eigenvalue weighted by Crippen LogP contribution is 2.37. The van der Waals surface area contributed by atoms with Gasteiger partial charge >= 0.3 is 0 Å². The average molecular weight is 818 g/mol. The van der Waals surface area contributed by atoms with Gasteiger partial charge in [-0.1, -0.05) is 41.6 Å². The molecule has 1 fully saturated rings. The number of carbonyl (C=O) groups excluding carboxylic acids is 4. The number of nitrogens with zero attached hydrogens (tertiary/aromatic N) is 8. The van der Waals surface area contributed by atoms with Crippen molar-refractivity contribution in [1.29, 1.82) is 0 Å². The highest BCUT2D eigenvalue weighted by Gasteiger charge is 2.41. The van der Waals surface area contributed by atoms with Crippen molar-refractivity contribution in [3.05, 3.63) is 110 Å². The number of hydrogen-bond acceptors (Lipinski definition) is 11. The van der Waals surface area contributed by atoms with Crippen LogP contribution in [0.15, 0.2) is 59.9 Å². The molecule has 1 atom stereocenters. The molecule has 4 amide bonds. The van der Waals surface area contributed by atoms with Gasteiger partial charge in [0.05, 0.1) is 40.0 Å². The number of aromatic nitrogens is 5. The Kier molecular flexibility index (Phi) is 11.1. The second-order valence-corrected chi connectivity index (χ2v) is 16.0. The molecule has 3 aliphatic heterocycles. The summed E-state index contributed by atoms with van der Waals surface area (Å²) in [5.41, 5.74) is 5.31. The van der Waals surface area contributed by atoms with Crippen molar-refractivity contribution in [3.63, 3.8) is 0 Å². The molecule has 14 nitrogen and oxygen atoms in total. The monoisotopic (exact) mass is 817 g/mol. The van der Waals surface area contributed by atoms with Gasteiger partial charge in [-0.2, -0.15) is 5.10 Å². The first kappa shape index (κ1) is 38.9. The third kappa shape index (κ3) is 7.70. The first-order chi connectivity index (χ1) is 28.1. The number of thiophene rings is 1. The molecule has 296 valence electrons. The summed E-state index contributed by atoms with van der Waals surface area (Å²) in [7, 11) is 0. The molecule has 3 aliphatic rings. The molecule has 16 heteroatoms. The SMILES string of the molecule is Cc1c(C#Cc2cnn(CCN3CCC(Oc4cccc5c4C(=O)N(C(C)CCC(=O)NC=O)C5=O)CC3)c2)sc2c1C(c1ccc(Cl)cc1)=NCc1nnc(C)n1-2. The molecule has 58 heavy (non-hydrogen) atoms. The first-order valence-corrected chi connectivity index (χ1v) is 20.3. The molecule has 0 spiro atoms. The Morgan fingerprint density at radius 3 is 2.62 bits per heavy atom. The minimum Gasteiger partial charge on any atom is -0.489 e. The lowest BCUT2D eigenvalue weighted by Crippen LogP contribution is -2.40. The number of fused-ring (bicyclic) bond motifs is 4. The number of likely N-dealkylation sites (tertiary alicyclic amines) is 1. The van der Waals surface area contributed by atoms with Gasteiger partial charge in [0.15, 0.2) is 5.82 Å². The van der Waals surface area contributed by atoms with Crippen LogP contribution in [-0.4, -0.2) is 96.0 Å². The minimum absolute atomic E-state index is 0.0124. The van der Waals surface area contributed by atoms with E-state index in [-0.39, 0.29) is 24.5 Å². The fourth-order valence-electron chi connectivity index (χ4n) is 7.63. The number of nitrogens with one attached hydrogen (secondary N) is 1. The molecule has 1 unspecified atom stereocenters. The van der Waals surface area contributed by atoms with Gasteiger partial charge in [-0.05, 0) is 69.9 Å². The number of rotatable bonds is 11. The van der Waals surface area contributed by atoms with Crippen LogP contribution in [0.4, 0.5) is 0 Å². The van der Waals surface area contributed by atoms with Crippen LogP contribution < -0.4 is 10.1 Å². The number of ether oxygens (including phenoxy) is 1. The standard InChI is InChI=1S/C42H40ClN9O5S/c1-25(7-14-36(54)45-24-53)51-40(55)32-5-4-6-33(38(32)41(51)56)57-31-15-17-49(18-16-31)19-20-50-23-28(21-46-50)8-13-34-26(2)37-39(29-9-11-30(43)12-10-29)44-22-35-48-47-27(3)52(35)42(37)58-34/h4-6,9-12,21,23-25,31H,7,14-20,22H2,1-3H3,(H,45,53,54). The van der Waals surface area contributed by atoms with Crippen molar-refractivity contribution in [1.82, 2.24) is 39.7 Å². The van der Waals surface area contributed by atoms with E-state index in [2.05, 4.69) is 48.8 Å². The van der Waals surface area contributed by atoms with Crippen molar-refractivity contribution in [2.75, 3.05) is 19.6 Å². The predicted octanol–water partition coefficient (Wildman–Crippen LogP) is 5.13. The second kappa shape index (κ2) is 16.5. The van der Waals surface area contributed by atoms with E-state index >= 15 is 0 Å². The van der Waals surface area contributed by atoms with Crippen molar-refractivity contribution in [2.45, 2.75) is 71.7 Å². The number of amides is 4. The number of halogens is 1. The summed E-state index contributed by atoms with van der Waals surface area (Å²) < 4.78 is 10.4. The molecule has 2 aromatic carbocycles. The molecular formula is C42H40ClN9O5S. The summed E-state index contributed by atoms with van der Waals surface area (Å²) in [6, 6.07) is 12.3.